The van der Waals surface area contributed by atoms with Gasteiger partial charge in [0, 0.05) is 19.1 Å². The number of carbonyl (C=O) groups excluding carboxylic acids is 2. The molecule has 1 saturated heterocycles. The number of hydrogen-bond acceptors (Lipinski definition) is 4. The minimum absolute atomic E-state index is 0.0358. The number of piperidine rings is 1. The van der Waals surface area contributed by atoms with E-state index in [1.165, 1.54) is 17.0 Å². The van der Waals surface area contributed by atoms with Gasteiger partial charge in [0.25, 0.3) is 11.8 Å². The van der Waals surface area contributed by atoms with E-state index >= 15 is 0 Å². The van der Waals surface area contributed by atoms with Gasteiger partial charge in [0.1, 0.15) is 11.5 Å². The fourth-order valence-corrected chi connectivity index (χ4v) is 5.15. The average molecular weight is 414 g/mol. The largest absolute Gasteiger partial charge is 0.366 e. The van der Waals surface area contributed by atoms with Gasteiger partial charge in [-0.05, 0) is 63.5 Å². The lowest BCUT2D eigenvalue weighted by molar-refractivity contribution is -0.140. The van der Waals surface area contributed by atoms with Gasteiger partial charge in [0.05, 0.1) is 5.57 Å². The Bertz CT molecular complexity index is 819. The molecule has 162 valence electrons. The van der Waals surface area contributed by atoms with Gasteiger partial charge in [-0.15, -0.1) is 0 Å². The summed E-state index contributed by atoms with van der Waals surface area (Å²) in [6.45, 7) is 1.95. The van der Waals surface area contributed by atoms with Crippen LogP contribution in [0, 0.1) is 5.82 Å². The summed E-state index contributed by atoms with van der Waals surface area (Å²) >= 11 is 0. The summed E-state index contributed by atoms with van der Waals surface area (Å²) in [6, 6.07) is 6.15. The van der Waals surface area contributed by atoms with E-state index in [2.05, 4.69) is 11.9 Å². The maximum absolute atomic E-state index is 13.6. The summed E-state index contributed by atoms with van der Waals surface area (Å²) in [5, 5.41) is 0. The Morgan fingerprint density at radius 1 is 0.900 bits per heavy atom. The van der Waals surface area contributed by atoms with Crippen molar-refractivity contribution >= 4 is 17.4 Å². The summed E-state index contributed by atoms with van der Waals surface area (Å²) in [7, 11) is 4.05. The minimum atomic E-state index is -0.345. The minimum Gasteiger partial charge on any atom is -0.366 e. The predicted octanol–water partition coefficient (Wildman–Crippen LogP) is 3.65. The van der Waals surface area contributed by atoms with Gasteiger partial charge >= 0.3 is 0 Å². The van der Waals surface area contributed by atoms with E-state index in [0.717, 1.165) is 64.5 Å². The van der Waals surface area contributed by atoms with Crippen molar-refractivity contribution in [3.8, 4) is 0 Å². The number of halogens is 1. The number of likely N-dealkylation sites (tertiary alicyclic amines) is 1. The normalized spacial score (nSPS) is 22.7. The number of benzene rings is 1. The fraction of sp³-hybridized carbons (Fsp3) is 0.583. The van der Waals surface area contributed by atoms with Gasteiger partial charge in [0.2, 0.25) is 0 Å². The van der Waals surface area contributed by atoms with Crippen LogP contribution in [-0.2, 0) is 9.59 Å². The first-order valence-corrected chi connectivity index (χ1v) is 11.3. The number of rotatable bonds is 4. The number of likely N-dealkylation sites (N-methyl/N-ethyl adjacent to an activating group) is 1. The van der Waals surface area contributed by atoms with E-state index in [-0.39, 0.29) is 29.7 Å². The molecule has 0 radical (unpaired) electrons. The predicted molar refractivity (Wildman–Crippen MR) is 115 cm³/mol. The molecule has 1 aromatic rings. The summed E-state index contributed by atoms with van der Waals surface area (Å²) in [6.07, 6.45) is 8.08. The first-order valence-electron chi connectivity index (χ1n) is 11.3. The van der Waals surface area contributed by atoms with Gasteiger partial charge < -0.3 is 9.80 Å². The molecular weight excluding hydrogens is 381 g/mol. The summed E-state index contributed by atoms with van der Waals surface area (Å²) in [5.74, 6) is -0.733. The van der Waals surface area contributed by atoms with Gasteiger partial charge in [-0.2, -0.15) is 0 Å². The highest BCUT2D eigenvalue weighted by molar-refractivity contribution is 6.35. The Labute approximate surface area is 178 Å². The molecule has 0 aromatic heterocycles. The Hall–Kier alpha value is -2.21. The Balaban J connectivity index is 1.71. The second kappa shape index (κ2) is 8.88. The molecule has 3 aliphatic rings. The number of carbonyl (C=O) groups is 2. The molecule has 0 atom stereocenters. The lowest BCUT2D eigenvalue weighted by Crippen LogP contribution is -2.45. The molecule has 0 spiro atoms. The lowest BCUT2D eigenvalue weighted by atomic mass is 10.00. The number of amides is 2. The lowest BCUT2D eigenvalue weighted by Gasteiger charge is -2.37. The molecule has 0 bridgehead atoms. The third-order valence-electron chi connectivity index (χ3n) is 7.00. The van der Waals surface area contributed by atoms with Crippen molar-refractivity contribution in [3.63, 3.8) is 0 Å². The smallest absolute Gasteiger partial charge is 0.278 e. The molecule has 4 rings (SSSR count). The van der Waals surface area contributed by atoms with E-state index < -0.39 is 0 Å². The molecule has 2 aliphatic heterocycles. The van der Waals surface area contributed by atoms with E-state index in [0.29, 0.717) is 16.8 Å². The van der Waals surface area contributed by atoms with Crippen molar-refractivity contribution in [3.05, 3.63) is 41.3 Å². The maximum atomic E-state index is 13.6. The van der Waals surface area contributed by atoms with Crippen molar-refractivity contribution in [1.29, 1.82) is 0 Å². The molecule has 5 nitrogen and oxygen atoms in total. The van der Waals surface area contributed by atoms with Crippen LogP contribution in [0.15, 0.2) is 30.0 Å². The zero-order chi connectivity index (χ0) is 21.3. The van der Waals surface area contributed by atoms with Crippen molar-refractivity contribution < 1.29 is 14.0 Å². The van der Waals surface area contributed by atoms with E-state index in [4.69, 9.17) is 0 Å². The van der Waals surface area contributed by atoms with Crippen LogP contribution in [0.5, 0.6) is 0 Å². The Kier molecular flexibility index (Phi) is 6.23. The van der Waals surface area contributed by atoms with E-state index in [9.17, 15) is 14.0 Å². The van der Waals surface area contributed by atoms with Crippen molar-refractivity contribution in [2.45, 2.75) is 63.5 Å². The SMILES string of the molecule is CN1CCC(N(C)C2=C(c3ccc(F)cc3)C(=O)N(C3CCCCCC3)C2=O)CC1. The molecule has 1 saturated carbocycles. The number of nitrogens with zero attached hydrogens (tertiary/aromatic N) is 3. The fourth-order valence-electron chi connectivity index (χ4n) is 5.15. The number of imide groups is 1. The topological polar surface area (TPSA) is 43.9 Å². The van der Waals surface area contributed by atoms with Crippen LogP contribution in [-0.4, -0.2) is 65.8 Å². The van der Waals surface area contributed by atoms with Gasteiger partial charge in [-0.25, -0.2) is 4.39 Å². The molecule has 2 heterocycles. The van der Waals surface area contributed by atoms with Crippen LogP contribution in [0.25, 0.3) is 5.57 Å². The molecule has 30 heavy (non-hydrogen) atoms. The molecule has 1 aliphatic carbocycles. The van der Waals surface area contributed by atoms with Gasteiger partial charge in [-0.1, -0.05) is 37.8 Å². The van der Waals surface area contributed by atoms with E-state index in [1.54, 1.807) is 12.1 Å². The zero-order valence-corrected chi connectivity index (χ0v) is 18.1. The summed E-state index contributed by atoms with van der Waals surface area (Å²) in [5.41, 5.74) is 1.55. The van der Waals surface area contributed by atoms with Crippen molar-refractivity contribution in [2.24, 2.45) is 0 Å². The van der Waals surface area contributed by atoms with Crippen molar-refractivity contribution in [2.75, 3.05) is 27.2 Å². The van der Waals surface area contributed by atoms with Crippen LogP contribution in [0.4, 0.5) is 4.39 Å². The quantitative estimate of drug-likeness (QED) is 0.558. The molecular formula is C24H32FN3O2. The Morgan fingerprint density at radius 2 is 1.50 bits per heavy atom. The number of hydrogen-bond donors (Lipinski definition) is 0. The second-order valence-electron chi connectivity index (χ2n) is 9.00. The monoisotopic (exact) mass is 413 g/mol. The molecule has 1 aromatic carbocycles. The van der Waals surface area contributed by atoms with Crippen LogP contribution < -0.4 is 0 Å². The molecule has 2 amide bonds. The van der Waals surface area contributed by atoms with Crippen LogP contribution in [0.1, 0.15) is 56.9 Å². The first kappa shape index (κ1) is 21.0. The third kappa shape index (κ3) is 4.02. The van der Waals surface area contributed by atoms with Crippen LogP contribution >= 0.6 is 0 Å². The standard InChI is InChI=1S/C24H32FN3O2/c1-26-15-13-19(14-16-26)27(2)22-21(17-9-11-18(25)12-10-17)23(29)28(24(22)30)20-7-5-3-4-6-8-20/h9-12,19-20H,3-8,13-16H2,1-2H3. The Morgan fingerprint density at radius 3 is 2.10 bits per heavy atom. The zero-order valence-electron chi connectivity index (χ0n) is 18.1. The van der Waals surface area contributed by atoms with Gasteiger partial charge in [-0.3, -0.25) is 14.5 Å². The highest BCUT2D eigenvalue weighted by Crippen LogP contribution is 2.37. The highest BCUT2D eigenvalue weighted by Gasteiger charge is 2.45. The van der Waals surface area contributed by atoms with E-state index in [1.807, 2.05) is 11.9 Å². The third-order valence-corrected chi connectivity index (χ3v) is 7.00. The molecule has 2 fully saturated rings. The van der Waals surface area contributed by atoms with Crippen molar-refractivity contribution in [1.82, 2.24) is 14.7 Å². The molecule has 0 unspecified atom stereocenters. The average Bonchev–Trinajstić information content (AvgIpc) is 2.90. The summed E-state index contributed by atoms with van der Waals surface area (Å²) in [4.78, 5) is 33.1. The highest BCUT2D eigenvalue weighted by atomic mass is 19.1. The molecule has 6 heteroatoms. The van der Waals surface area contributed by atoms with Gasteiger partial charge in [0.15, 0.2) is 0 Å². The second-order valence-corrected chi connectivity index (χ2v) is 9.00. The summed E-state index contributed by atoms with van der Waals surface area (Å²) < 4.78 is 13.5. The molecule has 0 N–H and O–H groups in total. The first-order chi connectivity index (χ1) is 14.5. The maximum Gasteiger partial charge on any atom is 0.278 e. The van der Waals surface area contributed by atoms with Crippen LogP contribution in [0.2, 0.25) is 0 Å². The van der Waals surface area contributed by atoms with Crippen LogP contribution in [0.3, 0.4) is 0 Å².